The van der Waals surface area contributed by atoms with Gasteiger partial charge < -0.3 is 0 Å². The van der Waals surface area contributed by atoms with Crippen molar-refractivity contribution in [2.24, 2.45) is 0 Å². The van der Waals surface area contributed by atoms with Crippen molar-refractivity contribution in [3.63, 3.8) is 0 Å². The van der Waals surface area contributed by atoms with E-state index in [1.54, 1.807) is 0 Å². The third kappa shape index (κ3) is 2.40. The molecule has 1 aliphatic rings. The fraction of sp³-hybridized carbons (Fsp3) is 0.538. The van der Waals surface area contributed by atoms with Crippen molar-refractivity contribution in [2.75, 3.05) is 0 Å². The van der Waals surface area contributed by atoms with Gasteiger partial charge in [0.05, 0.1) is 5.92 Å². The molecule has 0 aliphatic heterocycles. The molecule has 2 atom stereocenters. The van der Waals surface area contributed by atoms with Gasteiger partial charge in [0.2, 0.25) is 6.04 Å². The molecule has 0 aromatic heterocycles. The first-order valence-electron chi connectivity index (χ1n) is 5.97. The third-order valence-corrected chi connectivity index (χ3v) is 3.48. The van der Waals surface area contributed by atoms with Gasteiger partial charge >= 0.3 is 0 Å². The van der Waals surface area contributed by atoms with Crippen LogP contribution in [0.2, 0.25) is 0 Å². The summed E-state index contributed by atoms with van der Waals surface area (Å²) in [4.78, 5) is 11.0. The highest BCUT2D eigenvalue weighted by Gasteiger charge is 2.33. The van der Waals surface area contributed by atoms with Crippen molar-refractivity contribution >= 4 is 0 Å². The summed E-state index contributed by atoms with van der Waals surface area (Å²) < 4.78 is 0. The topological polar surface area (TPSA) is 43.1 Å². The van der Waals surface area contributed by atoms with Gasteiger partial charge in [0.1, 0.15) is 0 Å². The van der Waals surface area contributed by atoms with Crippen LogP contribution in [0.15, 0.2) is 30.3 Å². The highest BCUT2D eigenvalue weighted by atomic mass is 16.6. The van der Waals surface area contributed by atoms with Crippen LogP contribution < -0.4 is 0 Å². The van der Waals surface area contributed by atoms with Crippen LogP contribution in [-0.4, -0.2) is 11.0 Å². The second-order valence-corrected chi connectivity index (χ2v) is 4.51. The second kappa shape index (κ2) is 5.10. The highest BCUT2D eigenvalue weighted by molar-refractivity contribution is 5.20. The molecule has 2 rings (SSSR count). The largest absolute Gasteiger partial charge is 0.264 e. The van der Waals surface area contributed by atoms with Gasteiger partial charge in [-0.25, -0.2) is 0 Å². The number of nitro groups is 1. The molecule has 0 amide bonds. The molecule has 1 aromatic rings. The minimum Gasteiger partial charge on any atom is -0.264 e. The van der Waals surface area contributed by atoms with Gasteiger partial charge in [-0.15, -0.1) is 0 Å². The normalized spacial score (nSPS) is 26.0. The smallest absolute Gasteiger partial charge is 0.219 e. The van der Waals surface area contributed by atoms with Crippen LogP contribution >= 0.6 is 0 Å². The molecular weight excluding hydrogens is 202 g/mol. The summed E-state index contributed by atoms with van der Waals surface area (Å²) in [6, 6.07) is 9.55. The molecule has 0 saturated heterocycles. The first kappa shape index (κ1) is 11.1. The van der Waals surface area contributed by atoms with E-state index in [2.05, 4.69) is 0 Å². The monoisotopic (exact) mass is 219 g/mol. The molecule has 3 heteroatoms. The summed E-state index contributed by atoms with van der Waals surface area (Å²) in [6.45, 7) is 0. The summed E-state index contributed by atoms with van der Waals surface area (Å²) >= 11 is 0. The molecule has 1 aliphatic carbocycles. The number of rotatable bonds is 2. The molecule has 3 nitrogen and oxygen atoms in total. The van der Waals surface area contributed by atoms with Gasteiger partial charge in [0, 0.05) is 11.3 Å². The molecular formula is C13H17NO2. The molecule has 0 bridgehead atoms. The van der Waals surface area contributed by atoms with E-state index in [9.17, 15) is 10.1 Å². The second-order valence-electron chi connectivity index (χ2n) is 4.51. The predicted molar refractivity (Wildman–Crippen MR) is 63.1 cm³/mol. The SMILES string of the molecule is O=[N+]([O-])[C@@H]1CCCCC[C@H]1c1ccccc1. The minimum atomic E-state index is -0.384. The van der Waals surface area contributed by atoms with Gasteiger partial charge in [0.25, 0.3) is 0 Å². The van der Waals surface area contributed by atoms with Crippen LogP contribution in [0.3, 0.4) is 0 Å². The lowest BCUT2D eigenvalue weighted by Gasteiger charge is -2.18. The molecule has 1 fully saturated rings. The van der Waals surface area contributed by atoms with Crippen molar-refractivity contribution in [1.82, 2.24) is 0 Å². The standard InChI is InChI=1S/C13H17NO2/c15-14(16)13-10-6-2-5-9-12(13)11-7-3-1-4-8-11/h1,3-4,7-8,12-13H,2,5-6,9-10H2/t12-,13+/m0/s1. The van der Waals surface area contributed by atoms with Gasteiger partial charge in [0.15, 0.2) is 0 Å². The fourth-order valence-electron chi connectivity index (χ4n) is 2.63. The van der Waals surface area contributed by atoms with Crippen molar-refractivity contribution in [2.45, 2.75) is 44.1 Å². The lowest BCUT2D eigenvalue weighted by atomic mass is 9.88. The highest BCUT2D eigenvalue weighted by Crippen LogP contribution is 2.33. The molecule has 16 heavy (non-hydrogen) atoms. The van der Waals surface area contributed by atoms with E-state index in [1.807, 2.05) is 30.3 Å². The Morgan fingerprint density at radius 2 is 1.75 bits per heavy atom. The van der Waals surface area contributed by atoms with Crippen molar-refractivity contribution in [3.8, 4) is 0 Å². The number of benzene rings is 1. The molecule has 0 unspecified atom stereocenters. The lowest BCUT2D eigenvalue weighted by molar-refractivity contribution is -0.527. The van der Waals surface area contributed by atoms with Crippen LogP contribution in [0, 0.1) is 10.1 Å². The summed E-state index contributed by atoms with van der Waals surface area (Å²) in [5.74, 6) is 0.110. The maximum Gasteiger partial charge on any atom is 0.219 e. The van der Waals surface area contributed by atoms with Crippen molar-refractivity contribution < 1.29 is 4.92 Å². The maximum atomic E-state index is 11.1. The minimum absolute atomic E-state index is 0.0804. The Labute approximate surface area is 95.6 Å². The molecule has 0 spiro atoms. The average molecular weight is 219 g/mol. The predicted octanol–water partition coefficient (Wildman–Crippen LogP) is 3.38. The van der Waals surface area contributed by atoms with Crippen LogP contribution in [0.5, 0.6) is 0 Å². The van der Waals surface area contributed by atoms with Crippen LogP contribution in [-0.2, 0) is 0 Å². The Kier molecular flexibility index (Phi) is 3.54. The summed E-state index contributed by atoms with van der Waals surface area (Å²) in [6.07, 6.45) is 4.93. The van der Waals surface area contributed by atoms with Gasteiger partial charge in [-0.3, -0.25) is 10.1 Å². The van der Waals surface area contributed by atoms with Gasteiger partial charge in [-0.1, -0.05) is 43.2 Å². The Morgan fingerprint density at radius 1 is 1.06 bits per heavy atom. The van der Waals surface area contributed by atoms with E-state index >= 15 is 0 Å². The molecule has 0 radical (unpaired) electrons. The molecule has 86 valence electrons. The quantitative estimate of drug-likeness (QED) is 0.434. The van der Waals surface area contributed by atoms with E-state index in [0.29, 0.717) is 0 Å². The summed E-state index contributed by atoms with van der Waals surface area (Å²) in [5.41, 5.74) is 1.13. The molecule has 0 N–H and O–H groups in total. The van der Waals surface area contributed by atoms with Crippen molar-refractivity contribution in [3.05, 3.63) is 46.0 Å². The van der Waals surface area contributed by atoms with E-state index < -0.39 is 0 Å². The third-order valence-electron chi connectivity index (χ3n) is 3.48. The van der Waals surface area contributed by atoms with E-state index in [0.717, 1.165) is 37.7 Å². The Morgan fingerprint density at radius 3 is 2.44 bits per heavy atom. The van der Waals surface area contributed by atoms with Crippen LogP contribution in [0.4, 0.5) is 0 Å². The molecule has 1 aromatic carbocycles. The zero-order valence-electron chi connectivity index (χ0n) is 9.34. The Hall–Kier alpha value is -1.38. The molecule has 1 saturated carbocycles. The summed E-state index contributed by atoms with van der Waals surface area (Å²) in [7, 11) is 0. The fourth-order valence-corrected chi connectivity index (χ4v) is 2.63. The van der Waals surface area contributed by atoms with Gasteiger partial charge in [-0.05, 0) is 18.4 Å². The van der Waals surface area contributed by atoms with Gasteiger partial charge in [-0.2, -0.15) is 0 Å². The summed E-state index contributed by atoms with van der Waals surface area (Å²) in [5, 5.41) is 11.1. The van der Waals surface area contributed by atoms with Crippen LogP contribution in [0.1, 0.15) is 43.6 Å². The number of hydrogen-bond acceptors (Lipinski definition) is 2. The average Bonchev–Trinajstić information content (AvgIpc) is 2.55. The number of nitrogens with zero attached hydrogens (tertiary/aromatic N) is 1. The van der Waals surface area contributed by atoms with E-state index in [4.69, 9.17) is 0 Å². The first-order chi connectivity index (χ1) is 7.79. The zero-order chi connectivity index (χ0) is 11.4. The zero-order valence-corrected chi connectivity index (χ0v) is 9.34. The maximum absolute atomic E-state index is 11.1. The van der Waals surface area contributed by atoms with E-state index in [-0.39, 0.29) is 16.9 Å². The van der Waals surface area contributed by atoms with Crippen molar-refractivity contribution in [1.29, 1.82) is 0 Å². The first-order valence-corrected chi connectivity index (χ1v) is 5.97. The Bertz CT molecular complexity index is 350. The Balaban J connectivity index is 2.24. The number of hydrogen-bond donors (Lipinski definition) is 0. The van der Waals surface area contributed by atoms with Crippen LogP contribution in [0.25, 0.3) is 0 Å². The van der Waals surface area contributed by atoms with E-state index in [1.165, 1.54) is 0 Å². The lowest BCUT2D eigenvalue weighted by Crippen LogP contribution is -2.26. The molecule has 0 heterocycles.